The summed E-state index contributed by atoms with van der Waals surface area (Å²) >= 11 is 2.43. The first-order valence-corrected chi connectivity index (χ1v) is 7.44. The van der Waals surface area contributed by atoms with Crippen LogP contribution in [0, 0.1) is 10.5 Å². The van der Waals surface area contributed by atoms with Crippen LogP contribution in [0.2, 0.25) is 0 Å². The van der Waals surface area contributed by atoms with Crippen molar-refractivity contribution in [3.8, 4) is 0 Å². The van der Waals surface area contributed by atoms with E-state index in [0.29, 0.717) is 6.04 Å². The van der Waals surface area contributed by atoms with Gasteiger partial charge in [0.25, 0.3) is 0 Å². The Bertz CT molecular complexity index is 423. The van der Waals surface area contributed by atoms with Crippen molar-refractivity contribution in [2.24, 2.45) is 5.73 Å². The molecular weight excluding hydrogens is 321 g/mol. The molecule has 1 aromatic rings. The van der Waals surface area contributed by atoms with Crippen LogP contribution in [-0.4, -0.2) is 6.04 Å². The van der Waals surface area contributed by atoms with Crippen LogP contribution in [0.1, 0.15) is 43.2 Å². The van der Waals surface area contributed by atoms with Gasteiger partial charge in [-0.15, -0.1) is 0 Å². The molecular formula is C15H20IN. The number of hydrogen-bond acceptors (Lipinski definition) is 1. The number of benzene rings is 1. The van der Waals surface area contributed by atoms with Gasteiger partial charge in [-0.1, -0.05) is 29.3 Å². The third-order valence-electron chi connectivity index (χ3n) is 3.42. The van der Waals surface area contributed by atoms with Gasteiger partial charge in [-0.05, 0) is 73.2 Å². The van der Waals surface area contributed by atoms with Gasteiger partial charge in [0.1, 0.15) is 0 Å². The third kappa shape index (κ3) is 3.81. The Morgan fingerprint density at radius 3 is 2.88 bits per heavy atom. The number of rotatable bonds is 1. The summed E-state index contributed by atoms with van der Waals surface area (Å²) in [5.41, 5.74) is 10.3. The standard InChI is InChI=1S/C15H20IN/c1-11-5-7-13(15(16)9-11)10-12-3-2-4-14(17)8-6-12/h5,7,9-10,14H,2-4,6,8,17H2,1H3/b12-10-. The van der Waals surface area contributed by atoms with Crippen LogP contribution < -0.4 is 5.73 Å². The van der Waals surface area contributed by atoms with E-state index in [2.05, 4.69) is 53.8 Å². The lowest BCUT2D eigenvalue weighted by atomic mass is 10.0. The summed E-state index contributed by atoms with van der Waals surface area (Å²) < 4.78 is 1.35. The van der Waals surface area contributed by atoms with Crippen molar-refractivity contribution in [1.82, 2.24) is 0 Å². The van der Waals surface area contributed by atoms with Crippen molar-refractivity contribution in [2.75, 3.05) is 0 Å². The van der Waals surface area contributed by atoms with Crippen LogP contribution in [0.25, 0.3) is 6.08 Å². The van der Waals surface area contributed by atoms with E-state index in [4.69, 9.17) is 5.73 Å². The first-order chi connectivity index (χ1) is 8.15. The Morgan fingerprint density at radius 2 is 2.12 bits per heavy atom. The molecule has 1 aliphatic carbocycles. The van der Waals surface area contributed by atoms with Crippen molar-refractivity contribution in [1.29, 1.82) is 0 Å². The number of allylic oxidation sites excluding steroid dienone is 1. The normalized spacial score (nSPS) is 23.7. The number of nitrogens with two attached hydrogens (primary N) is 1. The predicted molar refractivity (Wildman–Crippen MR) is 82.9 cm³/mol. The zero-order valence-electron chi connectivity index (χ0n) is 10.4. The fraction of sp³-hybridized carbons (Fsp3) is 0.467. The van der Waals surface area contributed by atoms with Gasteiger partial charge in [0.15, 0.2) is 0 Å². The van der Waals surface area contributed by atoms with E-state index in [-0.39, 0.29) is 0 Å². The molecule has 1 atom stereocenters. The largest absolute Gasteiger partial charge is 0.328 e. The predicted octanol–water partition coefficient (Wildman–Crippen LogP) is 4.27. The first kappa shape index (κ1) is 13.1. The van der Waals surface area contributed by atoms with Gasteiger partial charge in [0.05, 0.1) is 0 Å². The highest BCUT2D eigenvalue weighted by Crippen LogP contribution is 2.25. The van der Waals surface area contributed by atoms with Gasteiger partial charge >= 0.3 is 0 Å². The summed E-state index contributed by atoms with van der Waals surface area (Å²) in [4.78, 5) is 0. The van der Waals surface area contributed by atoms with Crippen molar-refractivity contribution < 1.29 is 0 Å². The lowest BCUT2D eigenvalue weighted by molar-refractivity contribution is 0.586. The quantitative estimate of drug-likeness (QED) is 0.599. The summed E-state index contributed by atoms with van der Waals surface area (Å²) in [6, 6.07) is 7.08. The maximum atomic E-state index is 6.01. The Hall–Kier alpha value is -0.350. The van der Waals surface area contributed by atoms with E-state index in [1.54, 1.807) is 5.57 Å². The van der Waals surface area contributed by atoms with E-state index in [0.717, 1.165) is 6.42 Å². The molecule has 0 heterocycles. The highest BCUT2D eigenvalue weighted by Gasteiger charge is 2.11. The number of aryl methyl sites for hydroxylation is 1. The molecule has 1 nitrogen and oxygen atoms in total. The van der Waals surface area contributed by atoms with Crippen LogP contribution in [0.5, 0.6) is 0 Å². The van der Waals surface area contributed by atoms with E-state index < -0.39 is 0 Å². The van der Waals surface area contributed by atoms with Gasteiger partial charge in [0, 0.05) is 9.61 Å². The monoisotopic (exact) mass is 341 g/mol. The Morgan fingerprint density at radius 1 is 1.29 bits per heavy atom. The van der Waals surface area contributed by atoms with Gasteiger partial charge in [-0.3, -0.25) is 0 Å². The molecule has 0 aromatic heterocycles. The number of halogens is 1. The van der Waals surface area contributed by atoms with Gasteiger partial charge < -0.3 is 5.73 Å². The molecule has 2 N–H and O–H groups in total. The second-order valence-corrected chi connectivity index (χ2v) is 6.18. The minimum absolute atomic E-state index is 0.415. The van der Waals surface area contributed by atoms with E-state index in [9.17, 15) is 0 Å². The second kappa shape index (κ2) is 6.01. The molecule has 1 saturated carbocycles. The minimum Gasteiger partial charge on any atom is -0.328 e. The highest BCUT2D eigenvalue weighted by atomic mass is 127. The van der Waals surface area contributed by atoms with Crippen molar-refractivity contribution >= 4 is 28.7 Å². The fourth-order valence-corrected chi connectivity index (χ4v) is 3.17. The molecule has 0 radical (unpaired) electrons. The molecule has 1 aromatic carbocycles. The van der Waals surface area contributed by atoms with Gasteiger partial charge in [0.2, 0.25) is 0 Å². The molecule has 1 unspecified atom stereocenters. The molecule has 0 spiro atoms. The van der Waals surface area contributed by atoms with E-state index >= 15 is 0 Å². The lowest BCUT2D eigenvalue weighted by Gasteiger charge is -2.06. The second-order valence-electron chi connectivity index (χ2n) is 5.02. The van der Waals surface area contributed by atoms with Crippen LogP contribution in [0.4, 0.5) is 0 Å². The van der Waals surface area contributed by atoms with Crippen LogP contribution in [-0.2, 0) is 0 Å². The van der Waals surface area contributed by atoms with Gasteiger partial charge in [-0.2, -0.15) is 0 Å². The van der Waals surface area contributed by atoms with Crippen molar-refractivity contribution in [3.05, 3.63) is 38.5 Å². The molecule has 0 bridgehead atoms. The zero-order valence-corrected chi connectivity index (χ0v) is 12.5. The van der Waals surface area contributed by atoms with Crippen LogP contribution in [0.3, 0.4) is 0 Å². The van der Waals surface area contributed by atoms with Crippen molar-refractivity contribution in [2.45, 2.75) is 45.1 Å². The molecule has 0 saturated heterocycles. The van der Waals surface area contributed by atoms with Crippen LogP contribution in [0.15, 0.2) is 23.8 Å². The smallest absolute Gasteiger partial charge is 0.0205 e. The number of hydrogen-bond donors (Lipinski definition) is 1. The minimum atomic E-state index is 0.415. The van der Waals surface area contributed by atoms with E-state index in [1.807, 2.05) is 0 Å². The van der Waals surface area contributed by atoms with Crippen molar-refractivity contribution in [3.63, 3.8) is 0 Å². The summed E-state index contributed by atoms with van der Waals surface area (Å²) in [6.07, 6.45) is 8.34. The Balaban J connectivity index is 2.17. The molecule has 0 amide bonds. The summed E-state index contributed by atoms with van der Waals surface area (Å²) in [6.45, 7) is 2.14. The Kier molecular flexibility index (Phi) is 4.62. The zero-order chi connectivity index (χ0) is 12.3. The Labute approximate surface area is 118 Å². The molecule has 1 aliphatic rings. The highest BCUT2D eigenvalue weighted by molar-refractivity contribution is 14.1. The summed E-state index contributed by atoms with van der Waals surface area (Å²) in [5, 5.41) is 0. The topological polar surface area (TPSA) is 26.0 Å². The summed E-state index contributed by atoms with van der Waals surface area (Å²) in [7, 11) is 0. The SMILES string of the molecule is Cc1ccc(/C=C2/CCCC(N)CC2)c(I)c1. The van der Waals surface area contributed by atoms with Gasteiger partial charge in [-0.25, -0.2) is 0 Å². The maximum Gasteiger partial charge on any atom is 0.0205 e. The lowest BCUT2D eigenvalue weighted by Crippen LogP contribution is -2.17. The first-order valence-electron chi connectivity index (χ1n) is 6.36. The molecule has 0 aliphatic heterocycles. The van der Waals surface area contributed by atoms with Crippen LogP contribution >= 0.6 is 22.6 Å². The molecule has 2 rings (SSSR count). The molecule has 17 heavy (non-hydrogen) atoms. The average molecular weight is 341 g/mol. The maximum absolute atomic E-state index is 6.01. The molecule has 2 heteroatoms. The fourth-order valence-electron chi connectivity index (χ4n) is 2.34. The molecule has 92 valence electrons. The van der Waals surface area contributed by atoms with E-state index in [1.165, 1.54) is 40.4 Å². The third-order valence-corrected chi connectivity index (χ3v) is 4.36. The average Bonchev–Trinajstić information content (AvgIpc) is 2.48. The summed E-state index contributed by atoms with van der Waals surface area (Å²) in [5.74, 6) is 0. The molecule has 1 fully saturated rings.